The minimum Gasteiger partial charge on any atom is -0.351 e. The Labute approximate surface area is 167 Å². The summed E-state index contributed by atoms with van der Waals surface area (Å²) in [6, 6.07) is 12.5. The Morgan fingerprint density at radius 1 is 1.00 bits per heavy atom. The van der Waals surface area contributed by atoms with Crippen molar-refractivity contribution in [1.82, 2.24) is 15.0 Å². The normalized spacial score (nSPS) is 14.3. The van der Waals surface area contributed by atoms with E-state index in [1.165, 1.54) is 25.7 Å². The lowest BCUT2D eigenvalue weighted by Crippen LogP contribution is -2.17. The van der Waals surface area contributed by atoms with Crippen molar-refractivity contribution in [2.45, 2.75) is 38.6 Å². The third kappa shape index (κ3) is 4.45. The molecule has 0 aliphatic heterocycles. The minimum absolute atomic E-state index is 0.458. The Kier molecular flexibility index (Phi) is 5.34. The van der Waals surface area contributed by atoms with Gasteiger partial charge >= 0.3 is 0 Å². The third-order valence-electron chi connectivity index (χ3n) is 4.84. The quantitative estimate of drug-likeness (QED) is 0.550. The number of hydrogen-bond donors (Lipinski definition) is 2. The van der Waals surface area contributed by atoms with E-state index in [9.17, 15) is 0 Å². The summed E-state index contributed by atoms with van der Waals surface area (Å²) in [6.45, 7) is 2.08. The first-order valence-corrected chi connectivity index (χ1v) is 10.1. The molecular formula is C21H22BrN5. The van der Waals surface area contributed by atoms with Gasteiger partial charge in [0, 0.05) is 40.2 Å². The maximum atomic E-state index is 4.75. The lowest BCUT2D eigenvalue weighted by Gasteiger charge is -2.15. The van der Waals surface area contributed by atoms with Gasteiger partial charge in [-0.3, -0.25) is 4.98 Å². The minimum atomic E-state index is 0.458. The van der Waals surface area contributed by atoms with Crippen LogP contribution in [-0.4, -0.2) is 21.0 Å². The van der Waals surface area contributed by atoms with Crippen LogP contribution in [0.5, 0.6) is 0 Å². The zero-order valence-corrected chi connectivity index (χ0v) is 16.8. The molecule has 0 radical (unpaired) electrons. The molecule has 6 heteroatoms. The Balaban J connectivity index is 1.68. The molecule has 138 valence electrons. The van der Waals surface area contributed by atoms with Crippen LogP contribution in [0.15, 0.2) is 53.3 Å². The zero-order valence-electron chi connectivity index (χ0n) is 15.2. The molecule has 0 amide bonds. The van der Waals surface area contributed by atoms with Gasteiger partial charge in [-0.15, -0.1) is 0 Å². The number of rotatable bonds is 5. The summed E-state index contributed by atoms with van der Waals surface area (Å²) >= 11 is 3.52. The first kappa shape index (κ1) is 17.9. The number of aromatic nitrogens is 3. The fraction of sp³-hybridized carbons (Fsp3) is 0.286. The molecule has 1 saturated carbocycles. The molecule has 2 heterocycles. The number of nitrogens with one attached hydrogen (secondary N) is 2. The molecule has 2 aromatic heterocycles. The van der Waals surface area contributed by atoms with Crippen LogP contribution in [0.1, 0.15) is 31.2 Å². The van der Waals surface area contributed by atoms with E-state index in [1.54, 1.807) is 12.4 Å². The summed E-state index contributed by atoms with van der Waals surface area (Å²) in [5.41, 5.74) is 4.09. The molecule has 1 aromatic carbocycles. The van der Waals surface area contributed by atoms with Crippen LogP contribution >= 0.6 is 15.9 Å². The van der Waals surface area contributed by atoms with E-state index in [0.717, 1.165) is 32.8 Å². The van der Waals surface area contributed by atoms with Gasteiger partial charge in [0.15, 0.2) is 0 Å². The number of benzene rings is 1. The molecule has 27 heavy (non-hydrogen) atoms. The van der Waals surface area contributed by atoms with Crippen molar-refractivity contribution >= 4 is 33.4 Å². The molecule has 1 aliphatic rings. The average Bonchev–Trinajstić information content (AvgIpc) is 3.18. The van der Waals surface area contributed by atoms with Crippen molar-refractivity contribution in [3.05, 3.63) is 58.8 Å². The van der Waals surface area contributed by atoms with Crippen molar-refractivity contribution in [2.24, 2.45) is 0 Å². The first-order valence-electron chi connectivity index (χ1n) is 9.26. The molecule has 2 N–H and O–H groups in total. The fourth-order valence-corrected chi connectivity index (χ4v) is 3.88. The zero-order chi connectivity index (χ0) is 18.6. The van der Waals surface area contributed by atoms with Gasteiger partial charge < -0.3 is 10.6 Å². The highest BCUT2D eigenvalue weighted by atomic mass is 79.9. The Bertz CT molecular complexity index is 923. The van der Waals surface area contributed by atoms with Gasteiger partial charge in [-0.1, -0.05) is 28.8 Å². The smallest absolute Gasteiger partial charge is 0.225 e. The lowest BCUT2D eigenvalue weighted by atomic mass is 10.2. The number of halogens is 1. The largest absolute Gasteiger partial charge is 0.351 e. The van der Waals surface area contributed by atoms with Crippen LogP contribution < -0.4 is 10.6 Å². The van der Waals surface area contributed by atoms with E-state index in [2.05, 4.69) is 50.6 Å². The molecule has 0 bridgehead atoms. The molecule has 5 nitrogen and oxygen atoms in total. The van der Waals surface area contributed by atoms with Gasteiger partial charge in [-0.25, -0.2) is 4.98 Å². The van der Waals surface area contributed by atoms with E-state index in [4.69, 9.17) is 9.97 Å². The fourth-order valence-electron chi connectivity index (χ4n) is 3.40. The third-order valence-corrected chi connectivity index (χ3v) is 5.34. The second-order valence-corrected chi connectivity index (χ2v) is 7.82. The predicted molar refractivity (Wildman–Crippen MR) is 113 cm³/mol. The Morgan fingerprint density at radius 3 is 2.52 bits per heavy atom. The molecule has 4 rings (SSSR count). The summed E-state index contributed by atoms with van der Waals surface area (Å²) in [5.74, 6) is 1.45. The van der Waals surface area contributed by atoms with Crippen molar-refractivity contribution in [1.29, 1.82) is 0 Å². The number of pyridine rings is 1. The molecule has 0 saturated heterocycles. The molecule has 0 atom stereocenters. The predicted octanol–water partition coefficient (Wildman–Crippen LogP) is 5.71. The van der Waals surface area contributed by atoms with E-state index in [0.29, 0.717) is 12.0 Å². The van der Waals surface area contributed by atoms with Crippen molar-refractivity contribution in [3.63, 3.8) is 0 Å². The highest BCUT2D eigenvalue weighted by Gasteiger charge is 2.17. The van der Waals surface area contributed by atoms with E-state index in [1.807, 2.05) is 24.3 Å². The van der Waals surface area contributed by atoms with Crippen LogP contribution in [0.25, 0.3) is 11.3 Å². The van der Waals surface area contributed by atoms with Crippen LogP contribution in [0, 0.1) is 6.92 Å². The Morgan fingerprint density at radius 2 is 1.78 bits per heavy atom. The van der Waals surface area contributed by atoms with Gasteiger partial charge in [-0.05, 0) is 55.7 Å². The van der Waals surface area contributed by atoms with Crippen LogP contribution in [0.3, 0.4) is 0 Å². The highest BCUT2D eigenvalue weighted by Crippen LogP contribution is 2.28. The monoisotopic (exact) mass is 423 g/mol. The average molecular weight is 424 g/mol. The van der Waals surface area contributed by atoms with E-state index < -0.39 is 0 Å². The van der Waals surface area contributed by atoms with Gasteiger partial charge in [0.2, 0.25) is 5.95 Å². The number of aryl methyl sites for hydroxylation is 1. The summed E-state index contributed by atoms with van der Waals surface area (Å²) in [5, 5.41) is 6.96. The molecule has 0 spiro atoms. The van der Waals surface area contributed by atoms with Crippen molar-refractivity contribution < 1.29 is 0 Å². The first-order chi connectivity index (χ1) is 13.2. The Hall–Kier alpha value is -2.47. The summed E-state index contributed by atoms with van der Waals surface area (Å²) in [6.07, 6.45) is 8.46. The number of hydrogen-bond acceptors (Lipinski definition) is 5. The molecule has 3 aromatic rings. The van der Waals surface area contributed by atoms with Crippen molar-refractivity contribution in [3.8, 4) is 11.3 Å². The number of nitrogens with zero attached hydrogens (tertiary/aromatic N) is 3. The maximum Gasteiger partial charge on any atom is 0.225 e. The highest BCUT2D eigenvalue weighted by molar-refractivity contribution is 9.10. The SMILES string of the molecule is Cc1cc(Br)ccc1Nc1cc(-c2ccncc2)nc(NC2CCCC2)n1. The summed E-state index contributed by atoms with van der Waals surface area (Å²) in [7, 11) is 0. The van der Waals surface area contributed by atoms with Gasteiger partial charge in [0.1, 0.15) is 5.82 Å². The number of anilines is 3. The van der Waals surface area contributed by atoms with E-state index >= 15 is 0 Å². The van der Waals surface area contributed by atoms with Crippen LogP contribution in [0.2, 0.25) is 0 Å². The lowest BCUT2D eigenvalue weighted by molar-refractivity contribution is 0.744. The van der Waals surface area contributed by atoms with Gasteiger partial charge in [0.05, 0.1) is 5.69 Å². The molecular weight excluding hydrogens is 402 g/mol. The second-order valence-electron chi connectivity index (χ2n) is 6.91. The van der Waals surface area contributed by atoms with Crippen LogP contribution in [0.4, 0.5) is 17.5 Å². The van der Waals surface area contributed by atoms with Gasteiger partial charge in [-0.2, -0.15) is 4.98 Å². The molecule has 1 fully saturated rings. The topological polar surface area (TPSA) is 62.7 Å². The van der Waals surface area contributed by atoms with E-state index in [-0.39, 0.29) is 0 Å². The summed E-state index contributed by atoms with van der Waals surface area (Å²) in [4.78, 5) is 13.6. The maximum absolute atomic E-state index is 4.75. The van der Waals surface area contributed by atoms with Crippen molar-refractivity contribution in [2.75, 3.05) is 10.6 Å². The van der Waals surface area contributed by atoms with Crippen LogP contribution in [-0.2, 0) is 0 Å². The molecule has 1 aliphatic carbocycles. The molecule has 0 unspecified atom stereocenters. The summed E-state index contributed by atoms with van der Waals surface area (Å²) < 4.78 is 1.06. The van der Waals surface area contributed by atoms with Gasteiger partial charge in [0.25, 0.3) is 0 Å². The second kappa shape index (κ2) is 8.05. The standard InChI is InChI=1S/C21H22BrN5/c1-14-12-16(22)6-7-18(14)25-20-13-19(15-8-10-23-11-9-15)26-21(27-20)24-17-4-2-3-5-17/h6-13,17H,2-5H2,1H3,(H2,24,25,26,27).